The number of rotatable bonds is 4. The van der Waals surface area contributed by atoms with Crippen LogP contribution in [0.1, 0.15) is 5.56 Å². The van der Waals surface area contributed by atoms with Crippen molar-refractivity contribution in [2.24, 2.45) is 0 Å². The molecule has 3 rings (SSSR count). The molecule has 0 atom stereocenters. The Bertz CT molecular complexity index is 774. The van der Waals surface area contributed by atoms with Crippen LogP contribution < -0.4 is 16.4 Å². The minimum absolute atomic E-state index is 0.412. The zero-order valence-corrected chi connectivity index (χ0v) is 12.0. The summed E-state index contributed by atoms with van der Waals surface area (Å²) in [4.78, 5) is 16.6. The Labute approximate surface area is 127 Å². The van der Waals surface area contributed by atoms with Gasteiger partial charge in [-0.1, -0.05) is 0 Å². The van der Waals surface area contributed by atoms with Crippen LogP contribution in [0.3, 0.4) is 0 Å². The van der Waals surface area contributed by atoms with Gasteiger partial charge in [-0.05, 0) is 36.8 Å². The van der Waals surface area contributed by atoms with Crippen molar-refractivity contribution in [2.75, 3.05) is 16.4 Å². The first-order chi connectivity index (χ1) is 10.7. The monoisotopic (exact) mass is 293 g/mol. The van der Waals surface area contributed by atoms with Crippen molar-refractivity contribution in [3.05, 3.63) is 54.7 Å². The number of anilines is 5. The molecule has 0 saturated heterocycles. The molecule has 0 aliphatic rings. The lowest BCUT2D eigenvalue weighted by Gasteiger charge is -2.12. The van der Waals surface area contributed by atoms with Crippen LogP contribution in [0.25, 0.3) is 0 Å². The number of nitrogens with zero attached hydrogens (tertiary/aromatic N) is 4. The van der Waals surface area contributed by atoms with Crippen LogP contribution in [0.2, 0.25) is 0 Å². The van der Waals surface area contributed by atoms with Crippen molar-refractivity contribution in [1.82, 2.24) is 19.9 Å². The Morgan fingerprint density at radius 1 is 1.00 bits per heavy atom. The molecule has 0 radical (unpaired) electrons. The molecule has 110 valence electrons. The molecule has 0 bridgehead atoms. The standard InChI is InChI=1S/C15H15N7/c1-10-4-6-18-12(7-10)22-15-13(16)14(19-9-20-15)21-11-3-2-5-17-8-11/h2-9H,16H2,1H3,(H2,18,19,20,21,22). The number of nitrogens with one attached hydrogen (secondary N) is 2. The zero-order valence-electron chi connectivity index (χ0n) is 12.0. The average molecular weight is 293 g/mol. The lowest BCUT2D eigenvalue weighted by atomic mass is 10.3. The predicted octanol–water partition coefficient (Wildman–Crippen LogP) is 2.64. The van der Waals surface area contributed by atoms with Gasteiger partial charge in [-0.2, -0.15) is 0 Å². The third kappa shape index (κ3) is 3.09. The highest BCUT2D eigenvalue weighted by Gasteiger charge is 2.09. The number of hydrogen-bond acceptors (Lipinski definition) is 7. The summed E-state index contributed by atoms with van der Waals surface area (Å²) in [5.74, 6) is 1.69. The van der Waals surface area contributed by atoms with Gasteiger partial charge >= 0.3 is 0 Å². The van der Waals surface area contributed by atoms with Crippen LogP contribution in [0, 0.1) is 6.92 Å². The van der Waals surface area contributed by atoms with Crippen LogP contribution in [0.5, 0.6) is 0 Å². The Kier molecular flexibility index (Phi) is 3.78. The van der Waals surface area contributed by atoms with Gasteiger partial charge < -0.3 is 16.4 Å². The Balaban J connectivity index is 1.86. The maximum Gasteiger partial charge on any atom is 0.160 e. The molecule has 0 aromatic carbocycles. The molecule has 0 amide bonds. The quantitative estimate of drug-likeness (QED) is 0.679. The highest BCUT2D eigenvalue weighted by atomic mass is 15.1. The van der Waals surface area contributed by atoms with E-state index in [1.165, 1.54) is 6.33 Å². The van der Waals surface area contributed by atoms with Crippen LogP contribution in [-0.4, -0.2) is 19.9 Å². The molecule has 7 heteroatoms. The fourth-order valence-corrected chi connectivity index (χ4v) is 1.89. The first-order valence-electron chi connectivity index (χ1n) is 6.69. The number of nitrogens with two attached hydrogens (primary N) is 1. The van der Waals surface area contributed by atoms with E-state index in [1.54, 1.807) is 18.6 Å². The maximum absolute atomic E-state index is 6.12. The molecular weight excluding hydrogens is 278 g/mol. The van der Waals surface area contributed by atoms with Gasteiger partial charge in [-0.25, -0.2) is 15.0 Å². The molecule has 0 aliphatic carbocycles. The van der Waals surface area contributed by atoms with E-state index in [-0.39, 0.29) is 0 Å². The number of nitrogen functional groups attached to an aromatic ring is 1. The lowest BCUT2D eigenvalue weighted by molar-refractivity contribution is 1.16. The molecule has 22 heavy (non-hydrogen) atoms. The van der Waals surface area contributed by atoms with Gasteiger partial charge in [0.05, 0.1) is 11.9 Å². The zero-order chi connectivity index (χ0) is 15.4. The molecule has 0 spiro atoms. The van der Waals surface area contributed by atoms with E-state index >= 15 is 0 Å². The number of hydrogen-bond donors (Lipinski definition) is 3. The molecular formula is C15H15N7. The highest BCUT2D eigenvalue weighted by Crippen LogP contribution is 2.27. The van der Waals surface area contributed by atoms with Crippen LogP contribution in [0.4, 0.5) is 28.8 Å². The number of aryl methyl sites for hydroxylation is 1. The van der Waals surface area contributed by atoms with Gasteiger partial charge in [0, 0.05) is 12.4 Å². The maximum atomic E-state index is 6.12. The van der Waals surface area contributed by atoms with Crippen molar-refractivity contribution < 1.29 is 0 Å². The van der Waals surface area contributed by atoms with E-state index in [4.69, 9.17) is 5.73 Å². The number of pyridine rings is 2. The minimum Gasteiger partial charge on any atom is -0.393 e. The fourth-order valence-electron chi connectivity index (χ4n) is 1.89. The van der Waals surface area contributed by atoms with Gasteiger partial charge in [-0.15, -0.1) is 0 Å². The van der Waals surface area contributed by atoms with E-state index in [2.05, 4.69) is 30.6 Å². The topological polar surface area (TPSA) is 102 Å². The normalized spacial score (nSPS) is 10.2. The first-order valence-corrected chi connectivity index (χ1v) is 6.69. The molecule has 3 aromatic heterocycles. The summed E-state index contributed by atoms with van der Waals surface area (Å²) in [5, 5.41) is 6.21. The van der Waals surface area contributed by atoms with Crippen molar-refractivity contribution in [3.63, 3.8) is 0 Å². The molecule has 0 aliphatic heterocycles. The molecule has 7 nitrogen and oxygen atoms in total. The molecule has 0 saturated carbocycles. The first kappa shape index (κ1) is 13.7. The van der Waals surface area contributed by atoms with Crippen molar-refractivity contribution in [2.45, 2.75) is 6.92 Å². The van der Waals surface area contributed by atoms with Gasteiger partial charge in [0.15, 0.2) is 11.6 Å². The summed E-state index contributed by atoms with van der Waals surface area (Å²) in [7, 11) is 0. The second kappa shape index (κ2) is 6.04. The minimum atomic E-state index is 0.412. The smallest absolute Gasteiger partial charge is 0.160 e. The van der Waals surface area contributed by atoms with Crippen LogP contribution >= 0.6 is 0 Å². The predicted molar refractivity (Wildman–Crippen MR) is 86.2 cm³/mol. The summed E-state index contributed by atoms with van der Waals surface area (Å²) in [6.45, 7) is 1.99. The summed E-state index contributed by atoms with van der Waals surface area (Å²) in [6, 6.07) is 7.54. The van der Waals surface area contributed by atoms with E-state index < -0.39 is 0 Å². The number of aromatic nitrogens is 4. The SMILES string of the molecule is Cc1ccnc(Nc2ncnc(Nc3cccnc3)c2N)c1. The van der Waals surface area contributed by atoms with Gasteiger partial charge in [0.1, 0.15) is 17.8 Å². The molecule has 0 fully saturated rings. The van der Waals surface area contributed by atoms with E-state index in [9.17, 15) is 0 Å². The largest absolute Gasteiger partial charge is 0.393 e. The van der Waals surface area contributed by atoms with Crippen molar-refractivity contribution in [1.29, 1.82) is 0 Å². The Hall–Kier alpha value is -3.22. The fraction of sp³-hybridized carbons (Fsp3) is 0.0667. The summed E-state index contributed by atoms with van der Waals surface area (Å²) in [6.07, 6.45) is 6.55. The van der Waals surface area contributed by atoms with Crippen LogP contribution in [0.15, 0.2) is 49.2 Å². The van der Waals surface area contributed by atoms with Crippen molar-refractivity contribution in [3.8, 4) is 0 Å². The van der Waals surface area contributed by atoms with Crippen molar-refractivity contribution >= 4 is 28.8 Å². The molecule has 3 heterocycles. The van der Waals surface area contributed by atoms with Crippen LogP contribution in [-0.2, 0) is 0 Å². The lowest BCUT2D eigenvalue weighted by Crippen LogP contribution is -2.06. The third-order valence-electron chi connectivity index (χ3n) is 2.97. The van der Waals surface area contributed by atoms with E-state index in [0.29, 0.717) is 23.1 Å². The highest BCUT2D eigenvalue weighted by molar-refractivity contribution is 5.79. The van der Waals surface area contributed by atoms with Gasteiger partial charge in [0.2, 0.25) is 0 Å². The molecule has 4 N–H and O–H groups in total. The summed E-state index contributed by atoms with van der Waals surface area (Å²) in [5.41, 5.74) is 8.43. The average Bonchev–Trinajstić information content (AvgIpc) is 2.52. The van der Waals surface area contributed by atoms with E-state index in [1.807, 2.05) is 31.2 Å². The van der Waals surface area contributed by atoms with E-state index in [0.717, 1.165) is 11.3 Å². The van der Waals surface area contributed by atoms with Gasteiger partial charge in [-0.3, -0.25) is 4.98 Å². The summed E-state index contributed by atoms with van der Waals surface area (Å²) >= 11 is 0. The summed E-state index contributed by atoms with van der Waals surface area (Å²) < 4.78 is 0. The third-order valence-corrected chi connectivity index (χ3v) is 2.97. The molecule has 3 aromatic rings. The Morgan fingerprint density at radius 2 is 1.82 bits per heavy atom. The second-order valence-electron chi connectivity index (χ2n) is 4.69. The molecule has 0 unspecified atom stereocenters. The Morgan fingerprint density at radius 3 is 2.55 bits per heavy atom. The van der Waals surface area contributed by atoms with Gasteiger partial charge in [0.25, 0.3) is 0 Å². The second-order valence-corrected chi connectivity index (χ2v) is 4.69.